The molecule has 0 unspecified atom stereocenters. The molecule has 2 heterocycles. The van der Waals surface area contributed by atoms with Gasteiger partial charge in [0.25, 0.3) is 0 Å². The van der Waals surface area contributed by atoms with Crippen molar-refractivity contribution < 1.29 is 28.5 Å². The molecule has 0 radical (unpaired) electrons. The van der Waals surface area contributed by atoms with E-state index in [0.29, 0.717) is 35.3 Å². The smallest absolute Gasteiger partial charge is 0.306 e. The van der Waals surface area contributed by atoms with Gasteiger partial charge in [-0.1, -0.05) is 43.3 Å². The van der Waals surface area contributed by atoms with Crippen molar-refractivity contribution in [3.05, 3.63) is 102 Å². The number of halogens is 1. The Kier molecular flexibility index (Phi) is 7.04. The van der Waals surface area contributed by atoms with E-state index in [9.17, 15) is 9.90 Å². The van der Waals surface area contributed by atoms with Gasteiger partial charge in [-0.25, -0.2) is 4.39 Å². The van der Waals surface area contributed by atoms with Crippen LogP contribution >= 0.6 is 0 Å². The number of fused-ring (bicyclic) bond motifs is 2. The van der Waals surface area contributed by atoms with E-state index in [2.05, 4.69) is 28.8 Å². The van der Waals surface area contributed by atoms with Crippen molar-refractivity contribution in [1.82, 2.24) is 4.57 Å². The molecule has 44 heavy (non-hydrogen) atoms. The first-order valence-corrected chi connectivity index (χ1v) is 15.0. The number of carbonyl (C=O) groups is 1. The number of aryl methyl sites for hydroxylation is 1. The molecule has 1 aliphatic carbocycles. The van der Waals surface area contributed by atoms with Gasteiger partial charge in [0.05, 0.1) is 18.5 Å². The van der Waals surface area contributed by atoms with Gasteiger partial charge in [0.1, 0.15) is 18.2 Å². The minimum atomic E-state index is -0.789. The molecule has 0 saturated heterocycles. The van der Waals surface area contributed by atoms with Crippen LogP contribution in [0.1, 0.15) is 42.9 Å². The monoisotopic (exact) mass is 591 g/mol. The fraction of sp³-hybridized carbons (Fsp3) is 0.270. The lowest BCUT2D eigenvalue weighted by atomic mass is 9.83. The van der Waals surface area contributed by atoms with E-state index in [1.807, 2.05) is 49.6 Å². The average molecular weight is 592 g/mol. The van der Waals surface area contributed by atoms with Crippen LogP contribution in [0.3, 0.4) is 0 Å². The van der Waals surface area contributed by atoms with Gasteiger partial charge in [-0.3, -0.25) is 4.79 Å². The molecule has 3 atom stereocenters. The number of aromatic nitrogens is 1. The lowest BCUT2D eigenvalue weighted by Crippen LogP contribution is -2.23. The third-order valence-corrected chi connectivity index (χ3v) is 9.14. The predicted octanol–water partition coefficient (Wildman–Crippen LogP) is 8.39. The van der Waals surface area contributed by atoms with Crippen molar-refractivity contribution in [3.63, 3.8) is 0 Å². The molecule has 0 spiro atoms. The minimum absolute atomic E-state index is 0.0730. The first-order valence-electron chi connectivity index (χ1n) is 15.0. The number of hydrogen-bond donors (Lipinski definition) is 1. The summed E-state index contributed by atoms with van der Waals surface area (Å²) in [5.41, 5.74) is 5.94. The van der Waals surface area contributed by atoms with Gasteiger partial charge in [0.15, 0.2) is 17.6 Å². The summed E-state index contributed by atoms with van der Waals surface area (Å²) in [7, 11) is 3.58. The van der Waals surface area contributed by atoms with Crippen molar-refractivity contribution in [2.75, 3.05) is 13.7 Å². The SMILES string of the molecule is COc1ccc(F)c(-c2ccc([C@@H]3COc4ccc([C@H](C5CC5)[C@H](C)C(=O)O)cc4O3)cc2-c2cccc3ccn(C)c23)c1. The van der Waals surface area contributed by atoms with Crippen LogP contribution in [0.25, 0.3) is 33.2 Å². The van der Waals surface area contributed by atoms with Gasteiger partial charge in [0.2, 0.25) is 0 Å². The molecule has 1 aliphatic heterocycles. The first kappa shape index (κ1) is 28.0. The number of nitrogens with zero attached hydrogens (tertiary/aromatic N) is 1. The molecule has 1 aromatic heterocycles. The van der Waals surface area contributed by atoms with Crippen LogP contribution in [0, 0.1) is 17.7 Å². The maximum atomic E-state index is 15.4. The van der Waals surface area contributed by atoms with Crippen molar-refractivity contribution in [2.24, 2.45) is 18.9 Å². The highest BCUT2D eigenvalue weighted by molar-refractivity contribution is 5.99. The van der Waals surface area contributed by atoms with Crippen molar-refractivity contribution >= 4 is 16.9 Å². The highest BCUT2D eigenvalue weighted by Crippen LogP contribution is 2.49. The minimum Gasteiger partial charge on any atom is -0.497 e. The zero-order valence-corrected chi connectivity index (χ0v) is 24.9. The summed E-state index contributed by atoms with van der Waals surface area (Å²) < 4.78 is 35.6. The fourth-order valence-electron chi connectivity index (χ4n) is 6.67. The number of aliphatic carboxylic acids is 1. The summed E-state index contributed by atoms with van der Waals surface area (Å²) >= 11 is 0. The largest absolute Gasteiger partial charge is 0.497 e. The third kappa shape index (κ3) is 4.96. The normalized spacial score (nSPS) is 17.3. The average Bonchev–Trinajstić information content (AvgIpc) is 3.81. The van der Waals surface area contributed by atoms with E-state index >= 15 is 4.39 Å². The molecule has 1 N–H and O–H groups in total. The van der Waals surface area contributed by atoms with Gasteiger partial charge in [-0.15, -0.1) is 0 Å². The quantitative estimate of drug-likeness (QED) is 0.196. The maximum absolute atomic E-state index is 15.4. The third-order valence-electron chi connectivity index (χ3n) is 9.14. The lowest BCUT2D eigenvalue weighted by molar-refractivity contribution is -0.142. The van der Waals surface area contributed by atoms with E-state index in [4.69, 9.17) is 14.2 Å². The van der Waals surface area contributed by atoms with Crippen molar-refractivity contribution in [2.45, 2.75) is 31.8 Å². The lowest BCUT2D eigenvalue weighted by Gasteiger charge is -2.29. The summed E-state index contributed by atoms with van der Waals surface area (Å²) in [5, 5.41) is 10.9. The van der Waals surface area contributed by atoms with Crippen LogP contribution in [-0.2, 0) is 11.8 Å². The van der Waals surface area contributed by atoms with Crippen LogP contribution in [0.2, 0.25) is 0 Å². The Morgan fingerprint density at radius 3 is 2.57 bits per heavy atom. The topological polar surface area (TPSA) is 69.9 Å². The Balaban J connectivity index is 1.31. The molecule has 1 fully saturated rings. The molecular formula is C37H34FNO5. The van der Waals surface area contributed by atoms with E-state index in [1.165, 1.54) is 6.07 Å². The van der Waals surface area contributed by atoms with Gasteiger partial charge in [-0.05, 0) is 89.4 Å². The molecule has 0 amide bonds. The molecule has 1 saturated carbocycles. The number of para-hydroxylation sites is 1. The summed E-state index contributed by atoms with van der Waals surface area (Å²) in [4.78, 5) is 11.9. The van der Waals surface area contributed by atoms with Crippen LogP contribution in [0.5, 0.6) is 17.2 Å². The summed E-state index contributed by atoms with van der Waals surface area (Å²) in [6, 6.07) is 24.8. The number of ether oxygens (including phenoxy) is 3. The van der Waals surface area contributed by atoms with Crippen LogP contribution in [-0.4, -0.2) is 29.4 Å². The van der Waals surface area contributed by atoms with Crippen LogP contribution < -0.4 is 14.2 Å². The van der Waals surface area contributed by atoms with E-state index in [0.717, 1.165) is 51.6 Å². The maximum Gasteiger partial charge on any atom is 0.306 e. The molecule has 0 bridgehead atoms. The number of carboxylic acid groups (broad SMARTS) is 1. The molecule has 6 nitrogen and oxygen atoms in total. The molecule has 2 aliphatic rings. The number of rotatable bonds is 8. The highest BCUT2D eigenvalue weighted by atomic mass is 19.1. The number of methoxy groups -OCH3 is 1. The van der Waals surface area contributed by atoms with Crippen LogP contribution in [0.4, 0.5) is 4.39 Å². The van der Waals surface area contributed by atoms with Gasteiger partial charge in [-0.2, -0.15) is 0 Å². The Bertz CT molecular complexity index is 1890. The second-order valence-corrected chi connectivity index (χ2v) is 11.9. The second kappa shape index (κ2) is 11.1. The van der Waals surface area contributed by atoms with Crippen molar-refractivity contribution in [3.8, 4) is 39.5 Å². The van der Waals surface area contributed by atoms with Crippen molar-refractivity contribution in [1.29, 1.82) is 0 Å². The number of benzene rings is 4. The van der Waals surface area contributed by atoms with E-state index < -0.39 is 18.0 Å². The van der Waals surface area contributed by atoms with Gasteiger partial charge in [0, 0.05) is 29.8 Å². The standard InChI is InChI=1S/C37H34FNO5/c1-21(37(40)41)35(22-7-8-22)25-10-14-32-33(18-25)44-34(20-43-32)24-9-12-27(30-19-26(42-3)11-13-31(30)38)29(17-24)28-6-4-5-23-15-16-39(2)36(23)28/h4-6,9-19,21-22,34-35H,7-8,20H2,1-3H3,(H,40,41)/t21-,34-,35-/m0/s1. The highest BCUT2D eigenvalue weighted by Gasteiger charge is 2.39. The Labute approximate surface area is 255 Å². The Morgan fingerprint density at radius 2 is 1.80 bits per heavy atom. The van der Waals surface area contributed by atoms with E-state index in [1.54, 1.807) is 26.2 Å². The predicted molar refractivity (Wildman–Crippen MR) is 168 cm³/mol. The first-order chi connectivity index (χ1) is 21.3. The summed E-state index contributed by atoms with van der Waals surface area (Å²) in [6.07, 6.45) is 3.69. The van der Waals surface area contributed by atoms with Gasteiger partial charge < -0.3 is 23.9 Å². The zero-order chi connectivity index (χ0) is 30.5. The Morgan fingerprint density at radius 1 is 0.955 bits per heavy atom. The molecule has 7 rings (SSSR count). The summed E-state index contributed by atoms with van der Waals surface area (Å²) in [5.74, 6) is 0.506. The molecule has 5 aromatic rings. The fourth-order valence-corrected chi connectivity index (χ4v) is 6.67. The Hall–Kier alpha value is -4.78. The molecule has 224 valence electrons. The molecular weight excluding hydrogens is 557 g/mol. The second-order valence-electron chi connectivity index (χ2n) is 11.9. The molecule has 7 heteroatoms. The number of hydrogen-bond acceptors (Lipinski definition) is 4. The van der Waals surface area contributed by atoms with Gasteiger partial charge >= 0.3 is 5.97 Å². The summed E-state index contributed by atoms with van der Waals surface area (Å²) in [6.45, 7) is 2.09. The zero-order valence-electron chi connectivity index (χ0n) is 24.9. The van der Waals surface area contributed by atoms with Crippen LogP contribution in [0.15, 0.2) is 85.1 Å². The molecule has 4 aromatic carbocycles. The van der Waals surface area contributed by atoms with E-state index in [-0.39, 0.29) is 11.7 Å². The number of carboxylic acids is 1.